The maximum Gasteiger partial charge on any atom is 0.311 e. The Bertz CT molecular complexity index is 624. The topological polar surface area (TPSA) is 88.3 Å². The predicted octanol–water partition coefficient (Wildman–Crippen LogP) is 3.10. The predicted molar refractivity (Wildman–Crippen MR) is 76.0 cm³/mol. The number of nitrogens with zero attached hydrogens (tertiary/aromatic N) is 2. The molecule has 0 aliphatic carbocycles. The minimum absolute atomic E-state index is 0.0652. The number of hydrogen-bond donors (Lipinski definition) is 2. The molecule has 1 aromatic heterocycles. The van der Waals surface area contributed by atoms with Gasteiger partial charge in [0, 0.05) is 18.0 Å². The van der Waals surface area contributed by atoms with Gasteiger partial charge in [0.1, 0.15) is 0 Å². The second kappa shape index (κ2) is 5.66. The van der Waals surface area contributed by atoms with Crippen LogP contribution in [0.15, 0.2) is 36.5 Å². The van der Waals surface area contributed by atoms with E-state index in [0.29, 0.717) is 5.69 Å². The van der Waals surface area contributed by atoms with E-state index in [1.165, 1.54) is 6.07 Å². The lowest BCUT2D eigenvalue weighted by molar-refractivity contribution is -0.384. The fourth-order valence-electron chi connectivity index (χ4n) is 1.77. The molecule has 1 heterocycles. The average molecular weight is 273 g/mol. The van der Waals surface area contributed by atoms with Crippen molar-refractivity contribution >= 4 is 17.2 Å². The zero-order chi connectivity index (χ0) is 14.7. The number of rotatable bonds is 4. The highest BCUT2D eigenvalue weighted by Crippen LogP contribution is 2.26. The van der Waals surface area contributed by atoms with Crippen LogP contribution in [-0.4, -0.2) is 15.0 Å². The summed E-state index contributed by atoms with van der Waals surface area (Å²) in [6, 6.07) is 8.47. The molecular weight excluding hydrogens is 258 g/mol. The lowest BCUT2D eigenvalue weighted by atomic mass is 10.1. The average Bonchev–Trinajstić information content (AvgIpc) is 2.41. The van der Waals surface area contributed by atoms with E-state index in [1.807, 2.05) is 0 Å². The molecule has 0 saturated heterocycles. The molecule has 0 amide bonds. The van der Waals surface area contributed by atoms with E-state index in [0.717, 1.165) is 11.1 Å². The molecule has 1 aromatic carbocycles. The number of aliphatic hydroxyl groups is 1. The van der Waals surface area contributed by atoms with E-state index >= 15 is 0 Å². The third-order valence-corrected chi connectivity index (χ3v) is 2.86. The van der Waals surface area contributed by atoms with Crippen LogP contribution in [0.5, 0.6) is 0 Å². The second-order valence-corrected chi connectivity index (χ2v) is 4.56. The van der Waals surface area contributed by atoms with Gasteiger partial charge in [-0.2, -0.15) is 0 Å². The molecule has 0 bridgehead atoms. The molecular formula is C14H15N3O3. The molecule has 0 spiro atoms. The van der Waals surface area contributed by atoms with Gasteiger partial charge >= 0.3 is 5.69 Å². The van der Waals surface area contributed by atoms with Crippen molar-refractivity contribution in [2.75, 3.05) is 5.32 Å². The fraction of sp³-hybridized carbons (Fsp3) is 0.214. The first-order chi connectivity index (χ1) is 9.47. The van der Waals surface area contributed by atoms with E-state index in [2.05, 4.69) is 10.3 Å². The summed E-state index contributed by atoms with van der Waals surface area (Å²) in [7, 11) is 0. The highest BCUT2D eigenvalue weighted by molar-refractivity contribution is 5.65. The van der Waals surface area contributed by atoms with Crippen molar-refractivity contribution in [3.63, 3.8) is 0 Å². The van der Waals surface area contributed by atoms with Gasteiger partial charge in [-0.1, -0.05) is 12.1 Å². The molecule has 1 unspecified atom stereocenters. The van der Waals surface area contributed by atoms with E-state index in [-0.39, 0.29) is 11.5 Å². The monoisotopic (exact) mass is 273 g/mol. The molecule has 0 aliphatic rings. The van der Waals surface area contributed by atoms with Gasteiger partial charge in [-0.05, 0) is 37.1 Å². The summed E-state index contributed by atoms with van der Waals surface area (Å²) in [6.07, 6.45) is 1.02. The maximum absolute atomic E-state index is 11.0. The van der Waals surface area contributed by atoms with Crippen molar-refractivity contribution in [1.82, 2.24) is 4.98 Å². The lowest BCUT2D eigenvalue weighted by Gasteiger charge is -2.09. The third kappa shape index (κ3) is 3.10. The first-order valence-corrected chi connectivity index (χ1v) is 6.13. The number of aromatic nitrogens is 1. The normalized spacial score (nSPS) is 11.9. The molecule has 1 atom stereocenters. The molecule has 6 heteroatoms. The summed E-state index contributed by atoms with van der Waals surface area (Å²) in [6.45, 7) is 3.43. The molecule has 6 nitrogen and oxygen atoms in total. The van der Waals surface area contributed by atoms with Crippen LogP contribution >= 0.6 is 0 Å². The van der Waals surface area contributed by atoms with Crippen LogP contribution in [0.1, 0.15) is 24.2 Å². The Labute approximate surface area is 116 Å². The Balaban J connectivity index is 2.28. The number of benzene rings is 1. The number of pyridine rings is 1. The van der Waals surface area contributed by atoms with Crippen molar-refractivity contribution in [1.29, 1.82) is 0 Å². The second-order valence-electron chi connectivity index (χ2n) is 4.56. The van der Waals surface area contributed by atoms with Gasteiger partial charge in [-0.3, -0.25) is 10.1 Å². The van der Waals surface area contributed by atoms with Crippen LogP contribution in [0.2, 0.25) is 0 Å². The van der Waals surface area contributed by atoms with Crippen molar-refractivity contribution in [3.8, 4) is 0 Å². The van der Waals surface area contributed by atoms with Gasteiger partial charge in [0.2, 0.25) is 5.82 Å². The van der Waals surface area contributed by atoms with Gasteiger partial charge < -0.3 is 10.4 Å². The van der Waals surface area contributed by atoms with Crippen LogP contribution in [0.25, 0.3) is 0 Å². The summed E-state index contributed by atoms with van der Waals surface area (Å²) in [5, 5.41) is 23.3. The van der Waals surface area contributed by atoms with E-state index in [4.69, 9.17) is 0 Å². The zero-order valence-electron chi connectivity index (χ0n) is 11.2. The van der Waals surface area contributed by atoms with E-state index in [1.54, 1.807) is 44.3 Å². The minimum atomic E-state index is -0.545. The number of hydrogen-bond acceptors (Lipinski definition) is 5. The Morgan fingerprint density at radius 3 is 2.55 bits per heavy atom. The summed E-state index contributed by atoms with van der Waals surface area (Å²) in [5.74, 6) is 0.199. The molecule has 0 aliphatic heterocycles. The Hall–Kier alpha value is -2.47. The van der Waals surface area contributed by atoms with Crippen molar-refractivity contribution in [2.45, 2.75) is 20.0 Å². The molecule has 2 rings (SSSR count). The summed E-state index contributed by atoms with van der Waals surface area (Å²) in [4.78, 5) is 14.6. The molecule has 2 N–H and O–H groups in total. The lowest BCUT2D eigenvalue weighted by Crippen LogP contribution is -2.00. The van der Waals surface area contributed by atoms with Crippen LogP contribution in [0, 0.1) is 17.0 Å². The Kier molecular flexibility index (Phi) is 3.95. The molecule has 2 aromatic rings. The molecule has 0 radical (unpaired) electrons. The highest BCUT2D eigenvalue weighted by atomic mass is 16.6. The van der Waals surface area contributed by atoms with Crippen LogP contribution in [-0.2, 0) is 0 Å². The first kappa shape index (κ1) is 14.0. The Morgan fingerprint density at radius 1 is 1.35 bits per heavy atom. The zero-order valence-corrected chi connectivity index (χ0v) is 11.2. The summed E-state index contributed by atoms with van der Waals surface area (Å²) >= 11 is 0. The number of aliphatic hydroxyl groups excluding tert-OH is 1. The SMILES string of the molecule is Cc1cnc(Nc2ccc(C(C)O)cc2)c([N+](=O)[O-])c1. The molecule has 0 saturated carbocycles. The van der Waals surface area contributed by atoms with E-state index < -0.39 is 11.0 Å². The van der Waals surface area contributed by atoms with Gasteiger partial charge in [-0.15, -0.1) is 0 Å². The minimum Gasteiger partial charge on any atom is -0.389 e. The molecule has 0 fully saturated rings. The largest absolute Gasteiger partial charge is 0.389 e. The third-order valence-electron chi connectivity index (χ3n) is 2.86. The highest BCUT2D eigenvalue weighted by Gasteiger charge is 2.15. The smallest absolute Gasteiger partial charge is 0.311 e. The maximum atomic E-state index is 11.0. The fourth-order valence-corrected chi connectivity index (χ4v) is 1.77. The van der Waals surface area contributed by atoms with Gasteiger partial charge in [0.15, 0.2) is 0 Å². The van der Waals surface area contributed by atoms with E-state index in [9.17, 15) is 15.2 Å². The molecule has 20 heavy (non-hydrogen) atoms. The summed E-state index contributed by atoms with van der Waals surface area (Å²) in [5.41, 5.74) is 2.12. The van der Waals surface area contributed by atoms with Crippen LogP contribution in [0.4, 0.5) is 17.2 Å². The quantitative estimate of drug-likeness (QED) is 0.660. The van der Waals surface area contributed by atoms with Crippen molar-refractivity contribution in [2.24, 2.45) is 0 Å². The standard InChI is InChI=1S/C14H15N3O3/c1-9-7-13(17(19)20)14(15-8-9)16-12-5-3-11(4-6-12)10(2)18/h3-8,10,18H,1-2H3,(H,15,16). The van der Waals surface area contributed by atoms with Gasteiger partial charge in [-0.25, -0.2) is 4.98 Å². The number of nitro groups is 1. The van der Waals surface area contributed by atoms with Crippen LogP contribution in [0.3, 0.4) is 0 Å². The van der Waals surface area contributed by atoms with Gasteiger partial charge in [0.05, 0.1) is 11.0 Å². The number of anilines is 2. The van der Waals surface area contributed by atoms with Crippen LogP contribution < -0.4 is 5.32 Å². The van der Waals surface area contributed by atoms with Gasteiger partial charge in [0.25, 0.3) is 0 Å². The van der Waals surface area contributed by atoms with Crippen molar-refractivity contribution in [3.05, 3.63) is 57.8 Å². The number of aryl methyl sites for hydroxylation is 1. The first-order valence-electron chi connectivity index (χ1n) is 6.13. The number of nitrogens with one attached hydrogen (secondary N) is 1. The van der Waals surface area contributed by atoms with Crippen molar-refractivity contribution < 1.29 is 10.0 Å². The summed E-state index contributed by atoms with van der Waals surface area (Å²) < 4.78 is 0. The Morgan fingerprint density at radius 2 is 2.00 bits per heavy atom. The molecule has 104 valence electrons.